The Kier molecular flexibility index (Phi) is 7.33. The molecule has 1 amide bonds. The molecule has 11 heteroatoms. The third-order valence-corrected chi connectivity index (χ3v) is 5.79. The summed E-state index contributed by atoms with van der Waals surface area (Å²) in [6.45, 7) is 4.35. The molecule has 10 nitrogen and oxygen atoms in total. The molecular weight excluding hydrogens is 438 g/mol. The van der Waals surface area contributed by atoms with Gasteiger partial charge in [0, 0.05) is 24.5 Å². The molecule has 0 radical (unpaired) electrons. The van der Waals surface area contributed by atoms with Crippen molar-refractivity contribution in [1.29, 1.82) is 0 Å². The maximum absolute atomic E-state index is 12.6. The number of benzene rings is 2. The van der Waals surface area contributed by atoms with Gasteiger partial charge in [-0.25, -0.2) is 18.4 Å². The number of nitrogens with two attached hydrogens (primary N) is 1. The first-order chi connectivity index (χ1) is 15.2. The zero-order valence-corrected chi connectivity index (χ0v) is 18.6. The van der Waals surface area contributed by atoms with E-state index in [2.05, 4.69) is 10.2 Å². The van der Waals surface area contributed by atoms with Gasteiger partial charge in [0.1, 0.15) is 11.3 Å². The van der Waals surface area contributed by atoms with Gasteiger partial charge in [-0.05, 0) is 49.4 Å². The van der Waals surface area contributed by atoms with E-state index in [-0.39, 0.29) is 16.2 Å². The zero-order chi connectivity index (χ0) is 23.3. The SMILES string of the molecule is COc1ccc(S(N)(=O)=O)cc1C(=O)O[C@@H](C)C(=O)Nc1ccc(N2CCOCC2)cc1. The van der Waals surface area contributed by atoms with E-state index in [1.807, 2.05) is 12.1 Å². The fourth-order valence-corrected chi connectivity index (χ4v) is 3.66. The molecule has 3 N–H and O–H groups in total. The van der Waals surface area contributed by atoms with Gasteiger partial charge < -0.3 is 24.4 Å². The lowest BCUT2D eigenvalue weighted by molar-refractivity contribution is -0.123. The van der Waals surface area contributed by atoms with Gasteiger partial charge in [0.2, 0.25) is 10.0 Å². The number of hydrogen-bond donors (Lipinski definition) is 2. The van der Waals surface area contributed by atoms with Gasteiger partial charge in [-0.1, -0.05) is 0 Å². The largest absolute Gasteiger partial charge is 0.496 e. The number of carbonyl (C=O) groups excluding carboxylic acids is 2. The molecule has 0 spiro atoms. The molecule has 0 bridgehead atoms. The topological polar surface area (TPSA) is 137 Å². The highest BCUT2D eigenvalue weighted by atomic mass is 32.2. The molecule has 1 fully saturated rings. The second kappa shape index (κ2) is 9.98. The van der Waals surface area contributed by atoms with Gasteiger partial charge in [-0.2, -0.15) is 0 Å². The van der Waals surface area contributed by atoms with Crippen LogP contribution in [-0.4, -0.2) is 59.8 Å². The molecule has 2 aromatic rings. The van der Waals surface area contributed by atoms with Crippen LogP contribution in [0.4, 0.5) is 11.4 Å². The molecule has 2 aromatic carbocycles. The summed E-state index contributed by atoms with van der Waals surface area (Å²) in [5.41, 5.74) is 1.41. The van der Waals surface area contributed by atoms with Crippen LogP contribution in [0.1, 0.15) is 17.3 Å². The number of hydrogen-bond acceptors (Lipinski definition) is 8. The van der Waals surface area contributed by atoms with Crippen molar-refractivity contribution in [3.8, 4) is 5.75 Å². The predicted octanol–water partition coefficient (Wildman–Crippen LogP) is 1.36. The van der Waals surface area contributed by atoms with E-state index in [0.29, 0.717) is 18.9 Å². The van der Waals surface area contributed by atoms with Crippen LogP contribution in [0, 0.1) is 0 Å². The van der Waals surface area contributed by atoms with Crippen molar-refractivity contribution in [3.05, 3.63) is 48.0 Å². The maximum Gasteiger partial charge on any atom is 0.342 e. The Morgan fingerprint density at radius 3 is 2.38 bits per heavy atom. The van der Waals surface area contributed by atoms with E-state index in [1.54, 1.807) is 12.1 Å². The molecule has 32 heavy (non-hydrogen) atoms. The first kappa shape index (κ1) is 23.5. The van der Waals surface area contributed by atoms with Crippen LogP contribution in [0.25, 0.3) is 0 Å². The van der Waals surface area contributed by atoms with Crippen LogP contribution in [-0.2, 0) is 24.3 Å². The highest BCUT2D eigenvalue weighted by Crippen LogP contribution is 2.24. The highest BCUT2D eigenvalue weighted by molar-refractivity contribution is 7.89. The monoisotopic (exact) mass is 463 g/mol. The van der Waals surface area contributed by atoms with Gasteiger partial charge >= 0.3 is 5.97 Å². The summed E-state index contributed by atoms with van der Waals surface area (Å²) < 4.78 is 38.8. The Hall–Kier alpha value is -3.15. The Bertz CT molecular complexity index is 1080. The summed E-state index contributed by atoms with van der Waals surface area (Å²) in [4.78, 5) is 26.9. The number of nitrogens with zero attached hydrogens (tertiary/aromatic N) is 1. The molecule has 1 saturated heterocycles. The number of methoxy groups -OCH3 is 1. The van der Waals surface area contributed by atoms with Gasteiger partial charge in [0.25, 0.3) is 5.91 Å². The van der Waals surface area contributed by atoms with Gasteiger partial charge in [-0.15, -0.1) is 0 Å². The van der Waals surface area contributed by atoms with Crippen LogP contribution >= 0.6 is 0 Å². The lowest BCUT2D eigenvalue weighted by atomic mass is 10.2. The summed E-state index contributed by atoms with van der Waals surface area (Å²) in [6, 6.07) is 10.8. The molecule has 1 aliphatic heterocycles. The molecular formula is C21H25N3O7S. The van der Waals surface area contributed by atoms with Crippen molar-refractivity contribution in [2.24, 2.45) is 5.14 Å². The smallest absolute Gasteiger partial charge is 0.342 e. The number of rotatable bonds is 7. The standard InChI is InChI=1S/C21H25N3O7S/c1-14(31-21(26)18-13-17(32(22,27)28)7-8-19(18)29-2)20(25)23-15-3-5-16(6-4-15)24-9-11-30-12-10-24/h3-8,13-14H,9-12H2,1-2H3,(H,23,25)(H2,22,27,28)/t14-/m0/s1. The number of esters is 1. The third-order valence-electron chi connectivity index (χ3n) is 4.88. The lowest BCUT2D eigenvalue weighted by Crippen LogP contribution is -2.36. The van der Waals surface area contributed by atoms with E-state index < -0.39 is 28.0 Å². The minimum Gasteiger partial charge on any atom is -0.496 e. The van der Waals surface area contributed by atoms with Gasteiger partial charge in [0.15, 0.2) is 6.10 Å². The second-order valence-corrected chi connectivity index (χ2v) is 8.65. The average molecular weight is 464 g/mol. The van der Waals surface area contributed by atoms with Crippen molar-refractivity contribution in [3.63, 3.8) is 0 Å². The van der Waals surface area contributed by atoms with Crippen molar-refractivity contribution in [1.82, 2.24) is 0 Å². The fraction of sp³-hybridized carbons (Fsp3) is 0.333. The minimum absolute atomic E-state index is 0.0914. The number of morpholine rings is 1. The molecule has 1 atom stereocenters. The Morgan fingerprint density at radius 1 is 1.12 bits per heavy atom. The van der Waals surface area contributed by atoms with Crippen LogP contribution in [0.15, 0.2) is 47.4 Å². The molecule has 0 aliphatic carbocycles. The van der Waals surface area contributed by atoms with E-state index >= 15 is 0 Å². The molecule has 172 valence electrons. The van der Waals surface area contributed by atoms with E-state index in [4.69, 9.17) is 19.3 Å². The second-order valence-electron chi connectivity index (χ2n) is 7.09. The molecule has 0 unspecified atom stereocenters. The normalized spacial score (nSPS) is 15.0. The lowest BCUT2D eigenvalue weighted by Gasteiger charge is -2.28. The Balaban J connectivity index is 1.64. The quantitative estimate of drug-likeness (QED) is 0.587. The summed E-state index contributed by atoms with van der Waals surface area (Å²) >= 11 is 0. The van der Waals surface area contributed by atoms with Gasteiger partial charge in [-0.3, -0.25) is 4.79 Å². The van der Waals surface area contributed by atoms with E-state index in [9.17, 15) is 18.0 Å². The molecule has 0 saturated carbocycles. The molecule has 1 heterocycles. The van der Waals surface area contributed by atoms with Crippen molar-refractivity contribution in [2.75, 3.05) is 43.6 Å². The maximum atomic E-state index is 12.6. The number of nitrogens with one attached hydrogen (secondary N) is 1. The zero-order valence-electron chi connectivity index (χ0n) is 17.7. The fourth-order valence-electron chi connectivity index (χ4n) is 3.12. The van der Waals surface area contributed by atoms with Crippen molar-refractivity contribution < 1.29 is 32.2 Å². The van der Waals surface area contributed by atoms with Crippen LogP contribution in [0.2, 0.25) is 0 Å². The van der Waals surface area contributed by atoms with Crippen LogP contribution in [0.3, 0.4) is 0 Å². The summed E-state index contributed by atoms with van der Waals surface area (Å²) in [5.74, 6) is -1.37. The molecule has 3 rings (SSSR count). The number of carbonyl (C=O) groups is 2. The van der Waals surface area contributed by atoms with Gasteiger partial charge in [0.05, 0.1) is 25.2 Å². The van der Waals surface area contributed by atoms with Crippen molar-refractivity contribution >= 4 is 33.3 Å². The Morgan fingerprint density at radius 2 is 1.78 bits per heavy atom. The van der Waals surface area contributed by atoms with E-state index in [1.165, 1.54) is 26.2 Å². The third kappa shape index (κ3) is 5.75. The minimum atomic E-state index is -4.03. The molecule has 0 aromatic heterocycles. The number of primary sulfonamides is 1. The van der Waals surface area contributed by atoms with Crippen LogP contribution in [0.5, 0.6) is 5.75 Å². The first-order valence-electron chi connectivity index (χ1n) is 9.84. The summed E-state index contributed by atoms with van der Waals surface area (Å²) in [5, 5.41) is 7.80. The average Bonchev–Trinajstić information content (AvgIpc) is 2.79. The number of anilines is 2. The van der Waals surface area contributed by atoms with Crippen molar-refractivity contribution in [2.45, 2.75) is 17.9 Å². The molecule has 1 aliphatic rings. The van der Waals surface area contributed by atoms with Crippen LogP contribution < -0.4 is 20.1 Å². The predicted molar refractivity (Wildman–Crippen MR) is 117 cm³/mol. The highest BCUT2D eigenvalue weighted by Gasteiger charge is 2.23. The van der Waals surface area contributed by atoms with E-state index in [0.717, 1.165) is 24.8 Å². The summed E-state index contributed by atoms with van der Waals surface area (Å²) in [6.07, 6.45) is -1.15. The Labute approximate surface area is 186 Å². The number of ether oxygens (including phenoxy) is 3. The number of amides is 1. The summed E-state index contributed by atoms with van der Waals surface area (Å²) in [7, 11) is -2.72. The first-order valence-corrected chi connectivity index (χ1v) is 11.4. The number of sulfonamides is 1.